The molecule has 0 saturated carbocycles. The molecule has 0 fully saturated rings. The highest BCUT2D eigenvalue weighted by Gasteiger charge is 2.15. The van der Waals surface area contributed by atoms with E-state index in [1.54, 1.807) is 18.2 Å². The molecule has 0 heterocycles. The van der Waals surface area contributed by atoms with Crippen LogP contribution in [0.3, 0.4) is 0 Å². The molecule has 0 amide bonds. The molecule has 3 nitrogen and oxygen atoms in total. The Kier molecular flexibility index (Phi) is 5.46. The van der Waals surface area contributed by atoms with Gasteiger partial charge >= 0.3 is 0 Å². The number of nitrogens with zero attached hydrogens (tertiary/aromatic N) is 1. The van der Waals surface area contributed by atoms with Gasteiger partial charge in [0.05, 0.1) is 29.7 Å². The van der Waals surface area contributed by atoms with Crippen LogP contribution in [0.15, 0.2) is 18.2 Å². The first-order valence-electron chi connectivity index (χ1n) is 5.92. The van der Waals surface area contributed by atoms with Gasteiger partial charge in [-0.2, -0.15) is 5.26 Å². The second-order valence-electron chi connectivity index (χ2n) is 4.87. The van der Waals surface area contributed by atoms with Crippen LogP contribution in [-0.2, 0) is 6.61 Å². The molecule has 0 saturated heterocycles. The van der Waals surface area contributed by atoms with Gasteiger partial charge in [0.25, 0.3) is 0 Å². The van der Waals surface area contributed by atoms with E-state index in [4.69, 9.17) is 26.7 Å². The van der Waals surface area contributed by atoms with Crippen LogP contribution in [-0.4, -0.2) is 11.7 Å². The number of nitriles is 1. The Labute approximate surface area is 113 Å². The molecule has 0 aliphatic rings. The zero-order valence-electron chi connectivity index (χ0n) is 10.7. The van der Waals surface area contributed by atoms with Crippen molar-refractivity contribution in [1.82, 2.24) is 0 Å². The normalized spacial score (nSPS) is 11.1. The van der Waals surface area contributed by atoms with E-state index in [0.29, 0.717) is 17.4 Å². The van der Waals surface area contributed by atoms with Gasteiger partial charge in [0, 0.05) is 0 Å². The molecule has 0 aliphatic carbocycles. The van der Waals surface area contributed by atoms with E-state index in [-0.39, 0.29) is 12.0 Å². The van der Waals surface area contributed by atoms with Gasteiger partial charge in [0.15, 0.2) is 0 Å². The van der Waals surface area contributed by atoms with Gasteiger partial charge in [-0.25, -0.2) is 0 Å². The van der Waals surface area contributed by atoms with Gasteiger partial charge in [-0.05, 0) is 44.4 Å². The van der Waals surface area contributed by atoms with Crippen molar-refractivity contribution in [3.63, 3.8) is 0 Å². The van der Waals surface area contributed by atoms with Crippen LogP contribution in [0.5, 0.6) is 5.75 Å². The Hall–Kier alpha value is -1.24. The molecule has 1 rings (SSSR count). The van der Waals surface area contributed by atoms with Crippen LogP contribution in [0.4, 0.5) is 0 Å². The van der Waals surface area contributed by atoms with Crippen molar-refractivity contribution in [2.75, 3.05) is 6.61 Å². The molecule has 1 N–H and O–H groups in total. The first-order valence-corrected chi connectivity index (χ1v) is 6.29. The van der Waals surface area contributed by atoms with Crippen molar-refractivity contribution in [3.8, 4) is 11.8 Å². The Balaban J connectivity index is 2.43. The highest BCUT2D eigenvalue weighted by molar-refractivity contribution is 6.32. The number of aliphatic hydroxyl groups is 1. The minimum atomic E-state index is -0.312. The van der Waals surface area contributed by atoms with Crippen LogP contribution >= 0.6 is 11.6 Å². The Morgan fingerprint density at radius 2 is 2.17 bits per heavy atom. The smallest absolute Gasteiger partial charge is 0.137 e. The van der Waals surface area contributed by atoms with Gasteiger partial charge < -0.3 is 9.84 Å². The number of ether oxygens (including phenoxy) is 1. The van der Waals surface area contributed by atoms with Crippen molar-refractivity contribution in [2.24, 2.45) is 5.41 Å². The number of halogens is 1. The summed E-state index contributed by atoms with van der Waals surface area (Å²) in [5.41, 5.74) is 0.450. The molecule has 98 valence electrons. The van der Waals surface area contributed by atoms with Gasteiger partial charge in [-0.1, -0.05) is 17.7 Å². The Morgan fingerprint density at radius 1 is 1.44 bits per heavy atom. The molecule has 1 aromatic carbocycles. The first-order chi connectivity index (χ1) is 8.48. The van der Waals surface area contributed by atoms with E-state index in [2.05, 4.69) is 6.07 Å². The molecule has 1 aromatic rings. The monoisotopic (exact) mass is 267 g/mol. The summed E-state index contributed by atoms with van der Waals surface area (Å²) in [6.45, 7) is 4.33. The molecule has 0 aromatic heterocycles. The molecule has 0 atom stereocenters. The quantitative estimate of drug-likeness (QED) is 0.802. The van der Waals surface area contributed by atoms with E-state index in [1.165, 1.54) is 0 Å². The number of aliphatic hydroxyl groups excluding tert-OH is 1. The maximum Gasteiger partial charge on any atom is 0.137 e. The largest absolute Gasteiger partial charge is 0.492 e. The topological polar surface area (TPSA) is 53.2 Å². The SMILES string of the molecule is CC(C)(C#N)CCCOc1ccc(CO)cc1Cl. The van der Waals surface area contributed by atoms with Crippen molar-refractivity contribution in [2.45, 2.75) is 33.3 Å². The highest BCUT2D eigenvalue weighted by atomic mass is 35.5. The van der Waals surface area contributed by atoms with E-state index in [9.17, 15) is 0 Å². The van der Waals surface area contributed by atoms with E-state index in [0.717, 1.165) is 18.4 Å². The maximum atomic E-state index is 8.95. The van der Waals surface area contributed by atoms with Crippen LogP contribution in [0, 0.1) is 16.7 Å². The van der Waals surface area contributed by atoms with E-state index < -0.39 is 0 Å². The third kappa shape index (κ3) is 4.56. The summed E-state index contributed by atoms with van der Waals surface area (Å²) in [7, 11) is 0. The predicted octanol–water partition coefficient (Wildman–Crippen LogP) is 3.54. The summed E-state index contributed by atoms with van der Waals surface area (Å²) >= 11 is 6.02. The molecule has 0 spiro atoms. The summed E-state index contributed by atoms with van der Waals surface area (Å²) in [5.74, 6) is 0.614. The predicted molar refractivity (Wildman–Crippen MR) is 71.5 cm³/mol. The number of benzene rings is 1. The number of hydrogen-bond acceptors (Lipinski definition) is 3. The lowest BCUT2D eigenvalue weighted by Gasteiger charge is -2.15. The molecular formula is C14H18ClNO2. The lowest BCUT2D eigenvalue weighted by atomic mass is 9.90. The molecule has 0 bridgehead atoms. The molecule has 18 heavy (non-hydrogen) atoms. The molecule has 0 aliphatic heterocycles. The second-order valence-corrected chi connectivity index (χ2v) is 5.28. The van der Waals surface area contributed by atoms with E-state index in [1.807, 2.05) is 13.8 Å². The minimum absolute atomic E-state index is 0.0314. The summed E-state index contributed by atoms with van der Waals surface area (Å²) in [5, 5.41) is 18.3. The second kappa shape index (κ2) is 6.63. The van der Waals surface area contributed by atoms with Gasteiger partial charge in [-0.15, -0.1) is 0 Å². The standard InChI is InChI=1S/C14H18ClNO2/c1-14(2,10-16)6-3-7-18-13-5-4-11(9-17)8-12(13)15/h4-5,8,17H,3,6-7,9H2,1-2H3. The third-order valence-corrected chi connectivity index (χ3v) is 2.98. The van der Waals surface area contributed by atoms with Gasteiger partial charge in [0.2, 0.25) is 0 Å². The molecular weight excluding hydrogens is 250 g/mol. The van der Waals surface area contributed by atoms with Crippen molar-refractivity contribution < 1.29 is 9.84 Å². The molecule has 0 radical (unpaired) electrons. The van der Waals surface area contributed by atoms with Crippen molar-refractivity contribution >= 4 is 11.6 Å². The van der Waals surface area contributed by atoms with Crippen molar-refractivity contribution in [3.05, 3.63) is 28.8 Å². The van der Waals surface area contributed by atoms with E-state index >= 15 is 0 Å². The fraction of sp³-hybridized carbons (Fsp3) is 0.500. The van der Waals surface area contributed by atoms with Crippen LogP contribution in [0.25, 0.3) is 0 Å². The maximum absolute atomic E-state index is 8.95. The van der Waals surface area contributed by atoms with Gasteiger partial charge in [0.1, 0.15) is 5.75 Å². The average Bonchev–Trinajstić information content (AvgIpc) is 2.36. The fourth-order valence-corrected chi connectivity index (χ4v) is 1.77. The first kappa shape index (κ1) is 14.8. The summed E-state index contributed by atoms with van der Waals surface area (Å²) in [6.07, 6.45) is 1.59. The Morgan fingerprint density at radius 3 is 2.72 bits per heavy atom. The van der Waals surface area contributed by atoms with Crippen LogP contribution in [0.2, 0.25) is 5.02 Å². The summed E-state index contributed by atoms with van der Waals surface area (Å²) < 4.78 is 5.55. The fourth-order valence-electron chi connectivity index (χ4n) is 1.51. The van der Waals surface area contributed by atoms with Crippen molar-refractivity contribution in [1.29, 1.82) is 5.26 Å². The van der Waals surface area contributed by atoms with Crippen LogP contribution < -0.4 is 4.74 Å². The lowest BCUT2D eigenvalue weighted by molar-refractivity contribution is 0.278. The van der Waals surface area contributed by atoms with Crippen LogP contribution in [0.1, 0.15) is 32.3 Å². The zero-order chi connectivity index (χ0) is 13.6. The Bertz CT molecular complexity index is 438. The molecule has 0 unspecified atom stereocenters. The zero-order valence-corrected chi connectivity index (χ0v) is 11.5. The average molecular weight is 268 g/mol. The number of rotatable bonds is 6. The minimum Gasteiger partial charge on any atom is -0.492 e. The summed E-state index contributed by atoms with van der Waals surface area (Å²) in [4.78, 5) is 0. The number of hydrogen-bond donors (Lipinski definition) is 1. The molecule has 4 heteroatoms. The van der Waals surface area contributed by atoms with Gasteiger partial charge in [-0.3, -0.25) is 0 Å². The lowest BCUT2D eigenvalue weighted by Crippen LogP contribution is -2.10. The highest BCUT2D eigenvalue weighted by Crippen LogP contribution is 2.26. The third-order valence-electron chi connectivity index (χ3n) is 2.69. The summed E-state index contributed by atoms with van der Waals surface area (Å²) in [6, 6.07) is 7.48.